The minimum Gasteiger partial charge on any atom is -0.256 e. The van der Waals surface area contributed by atoms with Crippen LogP contribution in [-0.2, 0) is 14.4 Å². The largest absolute Gasteiger partial charge is 0.317 e. The Bertz CT molecular complexity index is 710. The van der Waals surface area contributed by atoms with Crippen LogP contribution in [-0.4, -0.2) is 13.4 Å². The fourth-order valence-corrected chi connectivity index (χ4v) is 2.41. The van der Waals surface area contributed by atoms with E-state index in [-0.39, 0.29) is 4.90 Å². The Hall–Kier alpha value is -1.92. The Balaban J connectivity index is 2.15. The highest BCUT2D eigenvalue weighted by molar-refractivity contribution is 7.86. The summed E-state index contributed by atoms with van der Waals surface area (Å²) in [4.78, 5) is 4.33. The minimum atomic E-state index is -3.84. The third-order valence-electron chi connectivity index (χ3n) is 2.80. The molecule has 6 heteroatoms. The second kappa shape index (κ2) is 5.60. The molecule has 106 valence electrons. The number of aromatic nitrogens is 1. The van der Waals surface area contributed by atoms with Crippen molar-refractivity contribution in [3.63, 3.8) is 0 Å². The summed E-state index contributed by atoms with van der Waals surface area (Å²) in [6.07, 6.45) is 0. The smallest absolute Gasteiger partial charge is 0.256 e. The maximum Gasteiger partial charge on any atom is 0.317 e. The number of rotatable bonds is 4. The lowest BCUT2D eigenvalue weighted by Gasteiger charge is -2.09. The van der Waals surface area contributed by atoms with E-state index in [1.54, 1.807) is 31.2 Å². The molecule has 1 N–H and O–H groups in total. The van der Waals surface area contributed by atoms with Crippen LogP contribution in [0, 0.1) is 20.8 Å². The van der Waals surface area contributed by atoms with E-state index < -0.39 is 10.1 Å². The van der Waals surface area contributed by atoms with Gasteiger partial charge in [-0.1, -0.05) is 17.7 Å². The van der Waals surface area contributed by atoms with Crippen LogP contribution in [0.5, 0.6) is 0 Å². The third-order valence-corrected chi connectivity index (χ3v) is 3.95. The van der Waals surface area contributed by atoms with Gasteiger partial charge < -0.3 is 0 Å². The van der Waals surface area contributed by atoms with Crippen molar-refractivity contribution >= 4 is 15.8 Å². The number of aryl methyl sites for hydroxylation is 3. The summed E-state index contributed by atoms with van der Waals surface area (Å²) < 4.78 is 28.8. The Labute approximate surface area is 118 Å². The van der Waals surface area contributed by atoms with E-state index in [4.69, 9.17) is 4.28 Å². The molecule has 1 aromatic heterocycles. The monoisotopic (exact) mass is 292 g/mol. The first-order chi connectivity index (χ1) is 9.38. The lowest BCUT2D eigenvalue weighted by Crippen LogP contribution is -2.12. The molecule has 0 fully saturated rings. The van der Waals surface area contributed by atoms with Crippen LogP contribution in [0.25, 0.3) is 0 Å². The van der Waals surface area contributed by atoms with E-state index >= 15 is 0 Å². The van der Waals surface area contributed by atoms with Crippen molar-refractivity contribution in [2.24, 2.45) is 0 Å². The molecule has 0 aliphatic rings. The van der Waals surface area contributed by atoms with E-state index in [9.17, 15) is 8.42 Å². The van der Waals surface area contributed by atoms with Crippen LogP contribution in [0.1, 0.15) is 17.0 Å². The summed E-state index contributed by atoms with van der Waals surface area (Å²) in [6, 6.07) is 9.95. The van der Waals surface area contributed by atoms with Gasteiger partial charge in [-0.25, -0.2) is 5.48 Å². The molecule has 0 saturated carbocycles. The van der Waals surface area contributed by atoms with Gasteiger partial charge in [-0.05, 0) is 45.0 Å². The van der Waals surface area contributed by atoms with Gasteiger partial charge in [0.15, 0.2) is 0 Å². The molecule has 20 heavy (non-hydrogen) atoms. The van der Waals surface area contributed by atoms with Crippen molar-refractivity contribution in [3.8, 4) is 0 Å². The van der Waals surface area contributed by atoms with Gasteiger partial charge in [0.25, 0.3) is 0 Å². The lowest BCUT2D eigenvalue weighted by atomic mass is 10.2. The highest BCUT2D eigenvalue weighted by atomic mass is 32.2. The number of nitrogens with zero attached hydrogens (tertiary/aromatic N) is 1. The van der Waals surface area contributed by atoms with E-state index in [0.717, 1.165) is 11.3 Å². The molecule has 0 saturated heterocycles. The van der Waals surface area contributed by atoms with Crippen LogP contribution in [0.15, 0.2) is 41.3 Å². The highest BCUT2D eigenvalue weighted by Crippen LogP contribution is 2.17. The van der Waals surface area contributed by atoms with Gasteiger partial charge >= 0.3 is 10.1 Å². The molecular weight excluding hydrogens is 276 g/mol. The summed E-state index contributed by atoms with van der Waals surface area (Å²) in [5.74, 6) is 0. The Morgan fingerprint density at radius 1 is 1.00 bits per heavy atom. The molecule has 5 nitrogen and oxygen atoms in total. The predicted octanol–water partition coefficient (Wildman–Crippen LogP) is 2.74. The number of nitrogens with one attached hydrogen (secondary N) is 1. The van der Waals surface area contributed by atoms with Crippen molar-refractivity contribution in [1.82, 2.24) is 4.98 Å². The maximum atomic E-state index is 12.0. The normalized spacial score (nSPS) is 11.3. The van der Waals surface area contributed by atoms with Crippen molar-refractivity contribution in [3.05, 3.63) is 53.3 Å². The van der Waals surface area contributed by atoms with E-state index in [0.29, 0.717) is 11.4 Å². The van der Waals surface area contributed by atoms with Gasteiger partial charge in [0.2, 0.25) is 0 Å². The van der Waals surface area contributed by atoms with Crippen LogP contribution in [0.2, 0.25) is 0 Å². The van der Waals surface area contributed by atoms with Crippen molar-refractivity contribution in [2.75, 3.05) is 5.48 Å². The van der Waals surface area contributed by atoms with Gasteiger partial charge in [-0.3, -0.25) is 4.98 Å². The predicted molar refractivity (Wildman–Crippen MR) is 76.8 cm³/mol. The molecule has 0 aliphatic heterocycles. The molecule has 0 radical (unpaired) electrons. The Morgan fingerprint density at radius 3 is 2.25 bits per heavy atom. The van der Waals surface area contributed by atoms with Gasteiger partial charge in [0, 0.05) is 5.69 Å². The lowest BCUT2D eigenvalue weighted by molar-refractivity contribution is 0.390. The first-order valence-electron chi connectivity index (χ1n) is 6.09. The van der Waals surface area contributed by atoms with Crippen molar-refractivity contribution < 1.29 is 12.7 Å². The molecule has 0 aliphatic carbocycles. The fraction of sp³-hybridized carbons (Fsp3) is 0.214. The molecule has 0 amide bonds. The number of anilines is 1. The SMILES string of the molecule is Cc1ccc(S(=O)(=O)ONc2ccc(C)nc2C)cc1. The molecule has 0 unspecified atom stereocenters. The minimum absolute atomic E-state index is 0.105. The zero-order valence-electron chi connectivity index (χ0n) is 11.5. The zero-order valence-corrected chi connectivity index (χ0v) is 12.4. The molecule has 2 aromatic rings. The van der Waals surface area contributed by atoms with E-state index in [1.165, 1.54) is 12.1 Å². The molecule has 1 heterocycles. The van der Waals surface area contributed by atoms with Gasteiger partial charge in [0.1, 0.15) is 0 Å². The van der Waals surface area contributed by atoms with Gasteiger partial charge in [-0.15, -0.1) is 4.28 Å². The summed E-state index contributed by atoms with van der Waals surface area (Å²) in [6.45, 7) is 5.52. The highest BCUT2D eigenvalue weighted by Gasteiger charge is 2.15. The first kappa shape index (κ1) is 14.5. The number of benzene rings is 1. The topological polar surface area (TPSA) is 68.3 Å². The molecule has 2 rings (SSSR count). The molecular formula is C14H16N2O3S. The molecule has 0 bridgehead atoms. The van der Waals surface area contributed by atoms with Crippen LogP contribution in [0.4, 0.5) is 5.69 Å². The van der Waals surface area contributed by atoms with E-state index in [2.05, 4.69) is 10.5 Å². The second-order valence-corrected chi connectivity index (χ2v) is 6.08. The Kier molecular flexibility index (Phi) is 4.06. The van der Waals surface area contributed by atoms with Crippen molar-refractivity contribution in [1.29, 1.82) is 0 Å². The second-order valence-electron chi connectivity index (χ2n) is 4.54. The molecule has 1 aromatic carbocycles. The Morgan fingerprint density at radius 2 is 1.65 bits per heavy atom. The first-order valence-corrected chi connectivity index (χ1v) is 7.50. The number of hydrogen-bond donors (Lipinski definition) is 1. The number of pyridine rings is 1. The number of hydrogen-bond acceptors (Lipinski definition) is 5. The summed E-state index contributed by atoms with van der Waals surface area (Å²) in [5, 5.41) is 0. The van der Waals surface area contributed by atoms with Crippen LogP contribution < -0.4 is 5.48 Å². The average Bonchev–Trinajstić information content (AvgIpc) is 2.38. The van der Waals surface area contributed by atoms with Crippen LogP contribution in [0.3, 0.4) is 0 Å². The quantitative estimate of drug-likeness (QED) is 0.878. The molecule has 0 atom stereocenters. The van der Waals surface area contributed by atoms with Gasteiger partial charge in [0.05, 0.1) is 16.3 Å². The standard InChI is InChI=1S/C14H16N2O3S/c1-10-4-7-13(8-5-10)20(17,18)19-16-14-9-6-11(2)15-12(14)3/h4-9,16H,1-3H3. The summed E-state index contributed by atoms with van der Waals surface area (Å²) >= 11 is 0. The summed E-state index contributed by atoms with van der Waals surface area (Å²) in [5.41, 5.74) is 5.47. The van der Waals surface area contributed by atoms with Crippen LogP contribution >= 0.6 is 0 Å². The maximum absolute atomic E-state index is 12.0. The average molecular weight is 292 g/mol. The molecule has 0 spiro atoms. The fourth-order valence-electron chi connectivity index (χ4n) is 1.65. The van der Waals surface area contributed by atoms with Gasteiger partial charge in [-0.2, -0.15) is 8.42 Å². The summed E-state index contributed by atoms with van der Waals surface area (Å²) in [7, 11) is -3.84. The van der Waals surface area contributed by atoms with Crippen molar-refractivity contribution in [2.45, 2.75) is 25.7 Å². The van der Waals surface area contributed by atoms with E-state index in [1.807, 2.05) is 13.8 Å². The zero-order chi connectivity index (χ0) is 14.8. The third kappa shape index (κ3) is 3.34.